The first kappa shape index (κ1) is 17.9. The first-order valence-corrected chi connectivity index (χ1v) is 7.43. The van der Waals surface area contributed by atoms with Crippen LogP contribution in [0, 0.1) is 5.82 Å². The van der Waals surface area contributed by atoms with Crippen molar-refractivity contribution in [3.63, 3.8) is 0 Å². The predicted molar refractivity (Wildman–Crippen MR) is 82.6 cm³/mol. The highest BCUT2D eigenvalue weighted by Gasteiger charge is 2.23. The Labute approximate surface area is 133 Å². The lowest BCUT2D eigenvalue weighted by molar-refractivity contribution is 0.0182. The van der Waals surface area contributed by atoms with E-state index in [1.807, 2.05) is 0 Å². The van der Waals surface area contributed by atoms with Gasteiger partial charge in [-0.2, -0.15) is 0 Å². The van der Waals surface area contributed by atoms with Gasteiger partial charge in [0.2, 0.25) is 0 Å². The van der Waals surface area contributed by atoms with Gasteiger partial charge in [0.25, 0.3) is 0 Å². The number of carbonyl (C=O) groups excluding carboxylic acids is 1. The first-order chi connectivity index (χ1) is 9.74. The van der Waals surface area contributed by atoms with E-state index in [-0.39, 0.29) is 12.4 Å². The third-order valence-corrected chi connectivity index (χ3v) is 3.37. The quantitative estimate of drug-likeness (QED) is 0.796. The molecule has 0 aliphatic heterocycles. The fourth-order valence-corrected chi connectivity index (χ4v) is 2.10. The molecule has 0 saturated heterocycles. The van der Waals surface area contributed by atoms with Crippen molar-refractivity contribution in [2.45, 2.75) is 32.9 Å². The van der Waals surface area contributed by atoms with Crippen LogP contribution in [0.1, 0.15) is 26.3 Å². The number of nitrogens with zero attached hydrogens (tertiary/aromatic N) is 1. The maximum absolute atomic E-state index is 13.9. The molecule has 0 heterocycles. The van der Waals surface area contributed by atoms with E-state index >= 15 is 0 Å². The highest BCUT2D eigenvalue weighted by molar-refractivity contribution is 9.10. The Morgan fingerprint density at radius 2 is 2.05 bits per heavy atom. The number of carbonyl (C=O) groups is 1. The van der Waals surface area contributed by atoms with Crippen LogP contribution in [0.15, 0.2) is 22.7 Å². The van der Waals surface area contributed by atoms with Crippen LogP contribution in [0.4, 0.5) is 9.18 Å². The van der Waals surface area contributed by atoms with E-state index in [0.717, 1.165) is 0 Å². The van der Waals surface area contributed by atoms with Crippen molar-refractivity contribution >= 4 is 22.0 Å². The third-order valence-electron chi connectivity index (χ3n) is 2.63. The van der Waals surface area contributed by atoms with Crippen molar-refractivity contribution in [3.8, 4) is 0 Å². The summed E-state index contributed by atoms with van der Waals surface area (Å²) in [5.41, 5.74) is -0.186. The van der Waals surface area contributed by atoms with Crippen LogP contribution in [-0.4, -0.2) is 36.9 Å². The highest BCUT2D eigenvalue weighted by atomic mass is 79.9. The molecule has 0 aliphatic carbocycles. The standard InChI is InChI=1S/C15H21BrFNO3/c1-15(2,3)21-14(19)18(8-9-20-4)10-11-12(16)6-5-7-13(11)17/h5-7H,8-10H2,1-4H3. The molecule has 0 bridgehead atoms. The maximum atomic E-state index is 13.9. The smallest absolute Gasteiger partial charge is 0.410 e. The fourth-order valence-electron chi connectivity index (χ4n) is 1.64. The normalized spacial score (nSPS) is 11.3. The number of rotatable bonds is 5. The number of ether oxygens (including phenoxy) is 2. The molecule has 6 heteroatoms. The van der Waals surface area contributed by atoms with Crippen molar-refractivity contribution in [2.75, 3.05) is 20.3 Å². The lowest BCUT2D eigenvalue weighted by atomic mass is 10.2. The second-order valence-corrected chi connectivity index (χ2v) is 6.45. The summed E-state index contributed by atoms with van der Waals surface area (Å²) in [6, 6.07) is 4.71. The number of halogens is 2. The molecule has 0 spiro atoms. The van der Waals surface area contributed by atoms with Crippen molar-refractivity contribution < 1.29 is 18.7 Å². The van der Waals surface area contributed by atoms with Gasteiger partial charge in [-0.1, -0.05) is 22.0 Å². The largest absolute Gasteiger partial charge is 0.444 e. The van der Waals surface area contributed by atoms with Gasteiger partial charge in [-0.3, -0.25) is 0 Å². The van der Waals surface area contributed by atoms with E-state index < -0.39 is 11.7 Å². The van der Waals surface area contributed by atoms with Gasteiger partial charge in [-0.25, -0.2) is 9.18 Å². The van der Waals surface area contributed by atoms with Gasteiger partial charge in [0.1, 0.15) is 11.4 Å². The van der Waals surface area contributed by atoms with E-state index in [1.165, 1.54) is 11.0 Å². The molecular weight excluding hydrogens is 341 g/mol. The zero-order valence-electron chi connectivity index (χ0n) is 12.8. The molecule has 1 aromatic carbocycles. The number of methoxy groups -OCH3 is 1. The van der Waals surface area contributed by atoms with Gasteiger partial charge < -0.3 is 14.4 Å². The van der Waals surface area contributed by atoms with Crippen molar-refractivity contribution in [1.29, 1.82) is 0 Å². The van der Waals surface area contributed by atoms with E-state index in [4.69, 9.17) is 9.47 Å². The Kier molecular flexibility index (Phi) is 6.61. The van der Waals surface area contributed by atoms with Crippen molar-refractivity contribution in [3.05, 3.63) is 34.1 Å². The van der Waals surface area contributed by atoms with Crippen LogP contribution >= 0.6 is 15.9 Å². The first-order valence-electron chi connectivity index (χ1n) is 6.64. The monoisotopic (exact) mass is 361 g/mol. The minimum absolute atomic E-state index is 0.117. The van der Waals surface area contributed by atoms with Gasteiger partial charge in [0, 0.05) is 23.7 Å². The number of benzene rings is 1. The lowest BCUT2D eigenvalue weighted by Gasteiger charge is -2.27. The molecule has 1 amide bonds. The summed E-state index contributed by atoms with van der Waals surface area (Å²) in [7, 11) is 1.55. The average molecular weight is 362 g/mol. The second kappa shape index (κ2) is 7.75. The molecule has 4 nitrogen and oxygen atoms in total. The Bertz CT molecular complexity index is 468. The molecular formula is C15H21BrFNO3. The maximum Gasteiger partial charge on any atom is 0.410 e. The van der Waals surface area contributed by atoms with Gasteiger partial charge in [0.05, 0.1) is 13.2 Å². The molecule has 1 rings (SSSR count). The van der Waals surface area contributed by atoms with E-state index in [9.17, 15) is 9.18 Å². The average Bonchev–Trinajstić information content (AvgIpc) is 2.35. The van der Waals surface area contributed by atoms with E-state index in [1.54, 1.807) is 40.0 Å². The molecule has 0 aromatic heterocycles. The number of hydrogen-bond acceptors (Lipinski definition) is 3. The van der Waals surface area contributed by atoms with Gasteiger partial charge in [-0.05, 0) is 32.9 Å². The van der Waals surface area contributed by atoms with Crippen molar-refractivity contribution in [1.82, 2.24) is 4.90 Å². The molecule has 21 heavy (non-hydrogen) atoms. The highest BCUT2D eigenvalue weighted by Crippen LogP contribution is 2.22. The SMILES string of the molecule is COCCN(Cc1c(F)cccc1Br)C(=O)OC(C)(C)C. The van der Waals surface area contributed by atoms with Crippen LogP contribution in [-0.2, 0) is 16.0 Å². The number of hydrogen-bond donors (Lipinski definition) is 0. The van der Waals surface area contributed by atoms with Gasteiger partial charge in [-0.15, -0.1) is 0 Å². The van der Waals surface area contributed by atoms with Crippen LogP contribution in [0.25, 0.3) is 0 Å². The summed E-state index contributed by atoms with van der Waals surface area (Å²) in [4.78, 5) is 13.6. The topological polar surface area (TPSA) is 38.8 Å². The minimum atomic E-state index is -0.602. The van der Waals surface area contributed by atoms with Crippen LogP contribution in [0.3, 0.4) is 0 Å². The summed E-state index contributed by atoms with van der Waals surface area (Å²) >= 11 is 3.30. The van der Waals surface area contributed by atoms with Crippen LogP contribution in [0.5, 0.6) is 0 Å². The van der Waals surface area contributed by atoms with Gasteiger partial charge >= 0.3 is 6.09 Å². The second-order valence-electron chi connectivity index (χ2n) is 5.59. The minimum Gasteiger partial charge on any atom is -0.444 e. The summed E-state index contributed by atoms with van der Waals surface area (Å²) in [5, 5.41) is 0. The van der Waals surface area contributed by atoms with E-state index in [0.29, 0.717) is 23.2 Å². The molecule has 0 N–H and O–H groups in total. The molecule has 118 valence electrons. The fraction of sp³-hybridized carbons (Fsp3) is 0.533. The third kappa shape index (κ3) is 6.01. The Hall–Kier alpha value is -1.14. The molecule has 0 fully saturated rings. The summed E-state index contributed by atoms with van der Waals surface area (Å²) in [6.07, 6.45) is -0.491. The zero-order valence-corrected chi connectivity index (χ0v) is 14.4. The Morgan fingerprint density at radius 3 is 2.57 bits per heavy atom. The van der Waals surface area contributed by atoms with Crippen LogP contribution in [0.2, 0.25) is 0 Å². The van der Waals surface area contributed by atoms with Gasteiger partial charge in [0.15, 0.2) is 0 Å². The summed E-state index contributed by atoms with van der Waals surface area (Å²) < 4.78 is 24.9. The Morgan fingerprint density at radius 1 is 1.38 bits per heavy atom. The summed E-state index contributed by atoms with van der Waals surface area (Å²) in [6.45, 7) is 6.16. The molecule has 1 aromatic rings. The predicted octanol–water partition coefficient (Wildman–Crippen LogP) is 3.97. The number of amides is 1. The molecule has 0 aliphatic rings. The molecule has 0 saturated carbocycles. The molecule has 0 radical (unpaired) electrons. The van der Waals surface area contributed by atoms with Crippen molar-refractivity contribution in [2.24, 2.45) is 0 Å². The Balaban J connectivity index is 2.90. The molecule has 0 unspecified atom stereocenters. The molecule has 0 atom stereocenters. The van der Waals surface area contributed by atoms with E-state index in [2.05, 4.69) is 15.9 Å². The van der Waals surface area contributed by atoms with Crippen LogP contribution < -0.4 is 0 Å². The zero-order chi connectivity index (χ0) is 16.0. The summed E-state index contributed by atoms with van der Waals surface area (Å²) in [5.74, 6) is -0.365. The lowest BCUT2D eigenvalue weighted by Crippen LogP contribution is -2.38.